The maximum Gasteiger partial charge on any atom is 0.276 e. The van der Waals surface area contributed by atoms with Crippen molar-refractivity contribution in [3.63, 3.8) is 0 Å². The number of halogens is 1. The molecule has 8 heteroatoms. The third-order valence-electron chi connectivity index (χ3n) is 2.70. The van der Waals surface area contributed by atoms with Crippen molar-refractivity contribution in [2.45, 2.75) is 0 Å². The first kappa shape index (κ1) is 14.9. The molecule has 0 amide bonds. The van der Waals surface area contributed by atoms with Crippen molar-refractivity contribution in [1.29, 1.82) is 0 Å². The lowest BCUT2D eigenvalue weighted by molar-refractivity contribution is -0.384. The highest BCUT2D eigenvalue weighted by atomic mass is 35.5. The fourth-order valence-electron chi connectivity index (χ4n) is 1.73. The van der Waals surface area contributed by atoms with Crippen LogP contribution in [0.3, 0.4) is 0 Å². The molecule has 0 saturated heterocycles. The van der Waals surface area contributed by atoms with Crippen molar-refractivity contribution in [3.05, 3.63) is 45.5 Å². The monoisotopic (exact) mass is 308 g/mol. The first-order valence-corrected chi connectivity index (χ1v) is 6.36. The normalized spacial score (nSPS) is 10.0. The number of nitro groups is 1. The highest BCUT2D eigenvalue weighted by Gasteiger charge is 2.12. The summed E-state index contributed by atoms with van der Waals surface area (Å²) >= 11 is 5.94. The number of nitrogens with one attached hydrogen (secondary N) is 2. The van der Waals surface area contributed by atoms with Crippen LogP contribution in [0.1, 0.15) is 0 Å². The fourth-order valence-corrected chi connectivity index (χ4v) is 1.90. The highest BCUT2D eigenvalue weighted by Crippen LogP contribution is 2.31. The van der Waals surface area contributed by atoms with Crippen molar-refractivity contribution in [2.24, 2.45) is 0 Å². The Hall–Kier alpha value is -2.54. The summed E-state index contributed by atoms with van der Waals surface area (Å²) in [6.07, 6.45) is 0. The molecule has 1 aromatic heterocycles. The van der Waals surface area contributed by atoms with Gasteiger partial charge in [-0.25, -0.2) is 4.98 Å². The van der Waals surface area contributed by atoms with Gasteiger partial charge in [0.1, 0.15) is 17.4 Å². The molecule has 2 rings (SSSR count). The van der Waals surface area contributed by atoms with Crippen LogP contribution in [0.15, 0.2) is 30.3 Å². The summed E-state index contributed by atoms with van der Waals surface area (Å²) in [6, 6.07) is 7.72. The molecular weight excluding hydrogens is 296 g/mol. The summed E-state index contributed by atoms with van der Waals surface area (Å²) in [5.74, 6) is 1.25. The number of hydrogen-bond acceptors (Lipinski definition) is 6. The topological polar surface area (TPSA) is 89.3 Å². The number of aromatic nitrogens is 1. The summed E-state index contributed by atoms with van der Waals surface area (Å²) in [6.45, 7) is 0. The second-order valence-corrected chi connectivity index (χ2v) is 4.51. The van der Waals surface area contributed by atoms with Crippen molar-refractivity contribution in [1.82, 2.24) is 4.98 Å². The van der Waals surface area contributed by atoms with Crippen LogP contribution in [0.5, 0.6) is 5.75 Å². The minimum atomic E-state index is -0.483. The van der Waals surface area contributed by atoms with Gasteiger partial charge in [0.25, 0.3) is 5.69 Å². The van der Waals surface area contributed by atoms with Gasteiger partial charge in [0.2, 0.25) is 0 Å². The van der Waals surface area contributed by atoms with Gasteiger partial charge in [-0.15, -0.1) is 0 Å². The number of methoxy groups -OCH3 is 1. The van der Waals surface area contributed by atoms with Crippen LogP contribution in [0.2, 0.25) is 5.02 Å². The minimum Gasteiger partial charge on any atom is -0.495 e. The molecule has 7 nitrogen and oxygen atoms in total. The zero-order valence-corrected chi connectivity index (χ0v) is 12.1. The molecule has 0 aliphatic rings. The van der Waals surface area contributed by atoms with E-state index in [1.807, 2.05) is 0 Å². The van der Waals surface area contributed by atoms with Gasteiger partial charge in [0, 0.05) is 12.1 Å². The molecule has 1 aromatic carbocycles. The summed E-state index contributed by atoms with van der Waals surface area (Å²) in [5.41, 5.74) is 0.498. The van der Waals surface area contributed by atoms with Gasteiger partial charge < -0.3 is 15.4 Å². The Balaban J connectivity index is 2.41. The Morgan fingerprint density at radius 1 is 1.29 bits per heavy atom. The van der Waals surface area contributed by atoms with Crippen LogP contribution < -0.4 is 15.4 Å². The molecule has 0 aliphatic heterocycles. The number of ether oxygens (including phenoxy) is 1. The summed E-state index contributed by atoms with van der Waals surface area (Å²) < 4.78 is 5.21. The van der Waals surface area contributed by atoms with Gasteiger partial charge in [0.05, 0.1) is 29.9 Å². The van der Waals surface area contributed by atoms with Gasteiger partial charge in [-0.3, -0.25) is 10.1 Å². The van der Waals surface area contributed by atoms with Gasteiger partial charge >= 0.3 is 0 Å². The molecule has 0 unspecified atom stereocenters. The molecule has 0 fully saturated rings. The lowest BCUT2D eigenvalue weighted by atomic mass is 10.3. The molecule has 2 N–H and O–H groups in total. The molecule has 0 saturated carbocycles. The largest absolute Gasteiger partial charge is 0.495 e. The first-order chi connectivity index (χ1) is 10.0. The van der Waals surface area contributed by atoms with E-state index < -0.39 is 4.92 Å². The number of rotatable bonds is 5. The third-order valence-corrected chi connectivity index (χ3v) is 2.94. The third kappa shape index (κ3) is 3.51. The lowest BCUT2D eigenvalue weighted by Gasteiger charge is -2.11. The Morgan fingerprint density at radius 3 is 2.62 bits per heavy atom. The smallest absolute Gasteiger partial charge is 0.276 e. The quantitative estimate of drug-likeness (QED) is 0.649. The van der Waals surface area contributed by atoms with E-state index in [0.717, 1.165) is 0 Å². The van der Waals surface area contributed by atoms with E-state index in [9.17, 15) is 10.1 Å². The molecule has 21 heavy (non-hydrogen) atoms. The Kier molecular flexibility index (Phi) is 4.44. The van der Waals surface area contributed by atoms with Crippen molar-refractivity contribution in [2.75, 3.05) is 24.8 Å². The van der Waals surface area contributed by atoms with Crippen molar-refractivity contribution < 1.29 is 9.66 Å². The fraction of sp³-hybridized carbons (Fsp3) is 0.154. The van der Waals surface area contributed by atoms with Crippen molar-refractivity contribution >= 4 is 34.6 Å². The highest BCUT2D eigenvalue weighted by molar-refractivity contribution is 6.31. The van der Waals surface area contributed by atoms with Gasteiger partial charge in [-0.1, -0.05) is 11.6 Å². The maximum absolute atomic E-state index is 10.9. The summed E-state index contributed by atoms with van der Waals surface area (Å²) in [5, 5.41) is 17.2. The lowest BCUT2D eigenvalue weighted by Crippen LogP contribution is -2.01. The standard InChI is InChI=1S/C13H13ClN4O3/c1-15-12-6-9(18(19)20)7-13(17-12)16-10-5-8(14)3-4-11(10)21-2/h3-7H,1-2H3,(H2,15,16,17). The predicted octanol–water partition coefficient (Wildman–Crippen LogP) is 3.44. The van der Waals surface area contributed by atoms with E-state index in [1.165, 1.54) is 19.2 Å². The Bertz CT molecular complexity index is 678. The summed E-state index contributed by atoms with van der Waals surface area (Å²) in [7, 11) is 3.16. The molecule has 0 spiro atoms. The van der Waals surface area contributed by atoms with Gasteiger partial charge in [-0.2, -0.15) is 0 Å². The molecule has 1 heterocycles. The van der Waals surface area contributed by atoms with E-state index in [1.54, 1.807) is 25.2 Å². The van der Waals surface area contributed by atoms with Crippen LogP contribution in [-0.2, 0) is 0 Å². The molecular formula is C13H13ClN4O3. The van der Waals surface area contributed by atoms with Crippen LogP contribution in [0.4, 0.5) is 23.0 Å². The van der Waals surface area contributed by atoms with Crippen LogP contribution >= 0.6 is 11.6 Å². The zero-order chi connectivity index (χ0) is 15.4. The van der Waals surface area contributed by atoms with E-state index in [4.69, 9.17) is 16.3 Å². The average Bonchev–Trinajstić information content (AvgIpc) is 2.47. The molecule has 0 radical (unpaired) electrons. The van der Waals surface area contributed by atoms with Crippen LogP contribution in [0, 0.1) is 10.1 Å². The Morgan fingerprint density at radius 2 is 2.00 bits per heavy atom. The summed E-state index contributed by atoms with van der Waals surface area (Å²) in [4.78, 5) is 14.7. The predicted molar refractivity (Wildman–Crippen MR) is 81.7 cm³/mol. The first-order valence-electron chi connectivity index (χ1n) is 5.98. The second kappa shape index (κ2) is 6.27. The number of benzene rings is 1. The number of pyridine rings is 1. The minimum absolute atomic E-state index is 0.0714. The van der Waals surface area contributed by atoms with Gasteiger partial charge in [-0.05, 0) is 18.2 Å². The number of hydrogen-bond donors (Lipinski definition) is 2. The number of anilines is 3. The van der Waals surface area contributed by atoms with E-state index >= 15 is 0 Å². The van der Waals surface area contributed by atoms with Crippen LogP contribution in [-0.4, -0.2) is 24.1 Å². The molecule has 0 bridgehead atoms. The SMILES string of the molecule is CNc1cc([N+](=O)[O-])cc(Nc2cc(Cl)ccc2OC)n1. The van der Waals surface area contributed by atoms with E-state index in [-0.39, 0.29) is 5.69 Å². The van der Waals surface area contributed by atoms with Crippen molar-refractivity contribution in [3.8, 4) is 5.75 Å². The maximum atomic E-state index is 10.9. The molecule has 0 atom stereocenters. The average molecular weight is 309 g/mol. The van der Waals surface area contributed by atoms with E-state index in [2.05, 4.69) is 15.6 Å². The van der Waals surface area contributed by atoms with E-state index in [0.29, 0.717) is 28.1 Å². The molecule has 2 aromatic rings. The molecule has 0 aliphatic carbocycles. The molecule has 110 valence electrons. The Labute approximate surface area is 126 Å². The van der Waals surface area contributed by atoms with Crippen LogP contribution in [0.25, 0.3) is 0 Å². The number of nitrogens with zero attached hydrogens (tertiary/aromatic N) is 2. The zero-order valence-electron chi connectivity index (χ0n) is 11.4. The van der Waals surface area contributed by atoms with Gasteiger partial charge in [0.15, 0.2) is 0 Å². The second-order valence-electron chi connectivity index (χ2n) is 4.07.